The Kier molecular flexibility index (Phi) is 3.43. The Hall–Kier alpha value is -0.453. The fourth-order valence-corrected chi connectivity index (χ4v) is 0.745. The molecule has 0 aromatic carbocycles. The third-order valence-corrected chi connectivity index (χ3v) is 1.88. The maximum absolute atomic E-state index is 12.2. The number of alkyl halides is 9. The second-order valence-electron chi connectivity index (χ2n) is 2.37. The van der Waals surface area contributed by atoms with E-state index in [2.05, 4.69) is 4.43 Å². The molecule has 0 saturated carbocycles. The highest BCUT2D eigenvalue weighted by atomic mass is 28.2. The van der Waals surface area contributed by atoms with Gasteiger partial charge in [0.25, 0.3) is 0 Å². The predicted molar refractivity (Wildman–Crippen MR) is 31.9 cm³/mol. The summed E-state index contributed by atoms with van der Waals surface area (Å²) in [6.07, 6.45) is -12.7. The largest absolute Gasteiger partial charge is 0.460 e. The third-order valence-electron chi connectivity index (χ3n) is 1.37. The molecule has 0 fully saturated rings. The molecule has 0 heterocycles. The van der Waals surface area contributed by atoms with Gasteiger partial charge in [0.05, 0.1) is 0 Å². The van der Waals surface area contributed by atoms with Gasteiger partial charge in [0.2, 0.25) is 0 Å². The lowest BCUT2D eigenvalue weighted by Crippen LogP contribution is -2.61. The zero-order valence-corrected chi connectivity index (χ0v) is 8.81. The van der Waals surface area contributed by atoms with Crippen LogP contribution in [0.1, 0.15) is 0 Å². The van der Waals surface area contributed by atoms with Crippen LogP contribution in [0.3, 0.4) is 0 Å². The van der Waals surface area contributed by atoms with Crippen LogP contribution in [0.25, 0.3) is 0 Å². The van der Waals surface area contributed by atoms with Crippen molar-refractivity contribution in [2.24, 2.45) is 0 Å². The Labute approximate surface area is 79.7 Å². The van der Waals surface area contributed by atoms with Gasteiger partial charge in [-0.2, -0.15) is 39.5 Å². The predicted octanol–water partition coefficient (Wildman–Crippen LogP) is 1.71. The fraction of sp³-hybridized carbons (Fsp3) is 1.00. The van der Waals surface area contributed by atoms with Crippen LogP contribution in [0, 0.1) is 0 Å². The van der Waals surface area contributed by atoms with Gasteiger partial charge in [-0.1, -0.05) is 0 Å². The van der Waals surface area contributed by atoms with Gasteiger partial charge in [-0.3, -0.25) is 0 Å². The molecule has 0 aliphatic carbocycles. The van der Waals surface area contributed by atoms with Crippen molar-refractivity contribution in [2.45, 2.75) is 24.1 Å². The molecule has 92 valence electrons. The molecule has 0 saturated heterocycles. The third kappa shape index (κ3) is 2.07. The minimum absolute atomic E-state index is 1.13. The average molecular weight is 266 g/mol. The molecule has 1 nitrogen and oxygen atoms in total. The molecule has 0 amide bonds. The second-order valence-corrected chi connectivity index (χ2v) is 2.78. The lowest BCUT2D eigenvalue weighted by Gasteiger charge is -2.32. The molecule has 0 aromatic heterocycles. The van der Waals surface area contributed by atoms with Crippen LogP contribution >= 0.6 is 0 Å². The monoisotopic (exact) mass is 266 g/mol. The smallest absolute Gasteiger partial charge is 0.369 e. The average Bonchev–Trinajstić information content (AvgIpc) is 2.01. The van der Waals surface area contributed by atoms with E-state index in [9.17, 15) is 39.5 Å². The van der Waals surface area contributed by atoms with Gasteiger partial charge in [0.15, 0.2) is 10.5 Å². The summed E-state index contributed by atoms with van der Waals surface area (Å²) in [6, 6.07) is 0. The minimum atomic E-state index is -6.87. The Balaban J connectivity index is 5.38. The van der Waals surface area contributed by atoms with Gasteiger partial charge in [-0.05, 0) is 0 Å². The topological polar surface area (TPSA) is 9.23 Å². The van der Waals surface area contributed by atoms with Crippen molar-refractivity contribution < 1.29 is 43.9 Å². The van der Waals surface area contributed by atoms with E-state index in [1.165, 1.54) is 0 Å². The van der Waals surface area contributed by atoms with Crippen molar-refractivity contribution in [3.8, 4) is 0 Å². The van der Waals surface area contributed by atoms with Crippen LogP contribution in [-0.2, 0) is 4.43 Å². The van der Waals surface area contributed by atoms with E-state index in [4.69, 9.17) is 0 Å². The summed E-state index contributed by atoms with van der Waals surface area (Å²) in [5.41, 5.74) is 0. The van der Waals surface area contributed by atoms with Gasteiger partial charge in [-0.15, -0.1) is 0 Å². The molecule has 0 aliphatic heterocycles. The molecular formula is C4H3F9OSi. The van der Waals surface area contributed by atoms with E-state index in [0.29, 0.717) is 0 Å². The van der Waals surface area contributed by atoms with E-state index >= 15 is 0 Å². The number of rotatable bonds is 3. The summed E-state index contributed by atoms with van der Waals surface area (Å²) in [5.74, 6) is -13.5. The highest BCUT2D eigenvalue weighted by Gasteiger charge is 2.82. The minimum Gasteiger partial charge on any atom is -0.369 e. The van der Waals surface area contributed by atoms with Crippen LogP contribution in [0.5, 0.6) is 0 Å². The van der Waals surface area contributed by atoms with Crippen LogP contribution in [-0.4, -0.2) is 34.6 Å². The van der Waals surface area contributed by atoms with Crippen molar-refractivity contribution in [3.05, 3.63) is 0 Å². The van der Waals surface area contributed by atoms with Crippen molar-refractivity contribution in [3.63, 3.8) is 0 Å². The molecule has 15 heavy (non-hydrogen) atoms. The molecule has 0 atom stereocenters. The first kappa shape index (κ1) is 14.5. The van der Waals surface area contributed by atoms with Crippen molar-refractivity contribution in [1.29, 1.82) is 0 Å². The summed E-state index contributed by atoms with van der Waals surface area (Å²) >= 11 is 0. The molecule has 0 radical (unpaired) electrons. The zero-order valence-electron chi connectivity index (χ0n) is 6.81. The highest BCUT2D eigenvalue weighted by molar-refractivity contribution is 5.98. The molecule has 0 spiro atoms. The van der Waals surface area contributed by atoms with Gasteiger partial charge in [-0.25, -0.2) is 0 Å². The summed E-state index contributed by atoms with van der Waals surface area (Å²) in [7, 11) is -1.13. The van der Waals surface area contributed by atoms with Crippen LogP contribution in [0.4, 0.5) is 39.5 Å². The summed E-state index contributed by atoms with van der Waals surface area (Å²) in [6.45, 7) is 0. The van der Waals surface area contributed by atoms with E-state index in [1.54, 1.807) is 0 Å². The number of halogens is 9. The van der Waals surface area contributed by atoms with Gasteiger partial charge in [0.1, 0.15) is 0 Å². The normalized spacial score (nSPS) is 15.8. The first-order valence-electron chi connectivity index (χ1n) is 3.06. The van der Waals surface area contributed by atoms with Gasteiger partial charge < -0.3 is 4.43 Å². The van der Waals surface area contributed by atoms with Crippen LogP contribution in [0.15, 0.2) is 0 Å². The van der Waals surface area contributed by atoms with E-state index in [-0.39, 0.29) is 0 Å². The van der Waals surface area contributed by atoms with Gasteiger partial charge in [0, 0.05) is 0 Å². The van der Waals surface area contributed by atoms with E-state index in [0.717, 1.165) is 0 Å². The Morgan fingerprint density at radius 3 is 1.20 bits per heavy atom. The molecule has 0 N–H and O–H groups in total. The summed E-state index contributed by atoms with van der Waals surface area (Å²) in [5, 5.41) is 0. The SMILES string of the molecule is FC(F)(F)C(F)(F)C(F)(F)C(F)(F)O[SiH3]. The van der Waals surface area contributed by atoms with Crippen LogP contribution in [0.2, 0.25) is 0 Å². The first-order chi connectivity index (χ1) is 6.31. The molecule has 0 rings (SSSR count). The molecule has 0 aromatic rings. The lowest BCUT2D eigenvalue weighted by atomic mass is 10.1. The van der Waals surface area contributed by atoms with E-state index < -0.39 is 34.6 Å². The van der Waals surface area contributed by atoms with E-state index in [1.807, 2.05) is 0 Å². The molecule has 0 aliphatic rings. The van der Waals surface area contributed by atoms with Crippen molar-refractivity contribution in [1.82, 2.24) is 0 Å². The van der Waals surface area contributed by atoms with Crippen molar-refractivity contribution in [2.75, 3.05) is 0 Å². The lowest BCUT2D eigenvalue weighted by molar-refractivity contribution is -0.428. The maximum Gasteiger partial charge on any atom is 0.460 e. The summed E-state index contributed by atoms with van der Waals surface area (Å²) < 4.78 is 109. The molecule has 0 unspecified atom stereocenters. The quantitative estimate of drug-likeness (QED) is 0.558. The first-order valence-corrected chi connectivity index (χ1v) is 3.88. The summed E-state index contributed by atoms with van der Waals surface area (Å²) in [4.78, 5) is 0. The molecular weight excluding hydrogens is 263 g/mol. The number of hydrogen-bond donors (Lipinski definition) is 0. The fourth-order valence-electron chi connectivity index (χ4n) is 0.489. The van der Waals surface area contributed by atoms with Crippen LogP contribution < -0.4 is 0 Å². The highest BCUT2D eigenvalue weighted by Crippen LogP contribution is 2.52. The standard InChI is InChI=1S/C4H3F9OSi/c5-1(6,3(9,10)11)2(7,8)4(12,13)14-15/h15H3. The molecule has 11 heteroatoms. The van der Waals surface area contributed by atoms with Gasteiger partial charge >= 0.3 is 24.1 Å². The number of hydrogen-bond acceptors (Lipinski definition) is 1. The Bertz CT molecular complexity index is 233. The Morgan fingerprint density at radius 2 is 1.00 bits per heavy atom. The second kappa shape index (κ2) is 3.54. The Morgan fingerprint density at radius 1 is 0.667 bits per heavy atom. The van der Waals surface area contributed by atoms with Crippen molar-refractivity contribution >= 4 is 10.5 Å². The maximum atomic E-state index is 12.2. The zero-order chi connectivity index (χ0) is 12.7. The molecule has 0 bridgehead atoms.